The molecular formula is C25H22ClF2N3O4. The summed E-state index contributed by atoms with van der Waals surface area (Å²) in [5.41, 5.74) is -1.01. The average Bonchev–Trinajstić information content (AvgIpc) is 2.82. The van der Waals surface area contributed by atoms with Gasteiger partial charge in [0.1, 0.15) is 18.2 Å². The molecule has 3 aromatic rings. The summed E-state index contributed by atoms with van der Waals surface area (Å²) in [6, 6.07) is 4.57. The van der Waals surface area contributed by atoms with E-state index in [0.29, 0.717) is 24.2 Å². The molecule has 0 radical (unpaired) electrons. The molecule has 0 spiro atoms. The van der Waals surface area contributed by atoms with Crippen LogP contribution >= 0.6 is 11.6 Å². The molecule has 1 aromatic heterocycles. The van der Waals surface area contributed by atoms with Crippen molar-refractivity contribution in [2.45, 2.75) is 19.0 Å². The SMILES string of the molecule is C=CC(=O)N1CC2COc3c(c4cc(Cl)c(-c5c(O)cccc5F)c(F)c4n(C)c3=O)N2CC1C. The lowest BCUT2D eigenvalue weighted by atomic mass is 9.97. The molecule has 0 aliphatic carbocycles. The Bertz CT molecular complexity index is 1450. The Labute approximate surface area is 204 Å². The van der Waals surface area contributed by atoms with Crippen LogP contribution in [-0.4, -0.2) is 52.3 Å². The molecule has 0 saturated carbocycles. The summed E-state index contributed by atoms with van der Waals surface area (Å²) < 4.78 is 37.6. The van der Waals surface area contributed by atoms with Crippen LogP contribution in [0.1, 0.15) is 6.92 Å². The smallest absolute Gasteiger partial charge is 0.295 e. The lowest BCUT2D eigenvalue weighted by molar-refractivity contribution is -0.129. The van der Waals surface area contributed by atoms with Crippen molar-refractivity contribution in [3.05, 3.63) is 63.9 Å². The Balaban J connectivity index is 1.77. The number of phenols is 1. The molecule has 2 aliphatic rings. The van der Waals surface area contributed by atoms with Crippen LogP contribution in [0.15, 0.2) is 41.7 Å². The number of anilines is 1. The Morgan fingerprint density at radius 3 is 2.71 bits per heavy atom. The largest absolute Gasteiger partial charge is 0.507 e. The molecule has 1 amide bonds. The van der Waals surface area contributed by atoms with Crippen LogP contribution in [0.4, 0.5) is 14.5 Å². The van der Waals surface area contributed by atoms with E-state index in [4.69, 9.17) is 16.3 Å². The molecule has 5 rings (SSSR count). The van der Waals surface area contributed by atoms with E-state index >= 15 is 4.39 Å². The lowest BCUT2D eigenvalue weighted by Gasteiger charge is -2.48. The number of hydrogen-bond acceptors (Lipinski definition) is 5. The molecule has 2 unspecified atom stereocenters. The van der Waals surface area contributed by atoms with Crippen molar-refractivity contribution in [1.82, 2.24) is 9.47 Å². The summed E-state index contributed by atoms with van der Waals surface area (Å²) in [6.07, 6.45) is 1.25. The maximum absolute atomic E-state index is 16.1. The molecule has 1 fully saturated rings. The third-order valence-electron chi connectivity index (χ3n) is 6.74. The van der Waals surface area contributed by atoms with Gasteiger partial charge in [0.15, 0.2) is 5.82 Å². The first-order valence-electron chi connectivity index (χ1n) is 11.0. The van der Waals surface area contributed by atoms with Gasteiger partial charge in [-0.15, -0.1) is 0 Å². The third kappa shape index (κ3) is 3.36. The molecule has 7 nitrogen and oxygen atoms in total. The van der Waals surface area contributed by atoms with Crippen molar-refractivity contribution in [1.29, 1.82) is 0 Å². The fraction of sp³-hybridized carbons (Fsp3) is 0.280. The maximum atomic E-state index is 16.1. The van der Waals surface area contributed by atoms with Crippen LogP contribution in [-0.2, 0) is 11.8 Å². The number of carbonyl (C=O) groups excluding carboxylic acids is 1. The standard InChI is InChI=1S/C25H22ClF2N3O4/c1-4-18(33)30-10-13-11-35-24-23(31(13)9-12(30)2)14-8-15(26)19(20-16(27)6-5-7-17(20)32)21(28)22(14)29(3)25(24)34/h4-8,12-13,32H,1,9-11H2,2-3H3. The number of rotatable bonds is 2. The van der Waals surface area contributed by atoms with Gasteiger partial charge in [0.25, 0.3) is 5.56 Å². The molecule has 1 N–H and O–H groups in total. The van der Waals surface area contributed by atoms with E-state index in [-0.39, 0.29) is 52.0 Å². The van der Waals surface area contributed by atoms with Gasteiger partial charge in [-0.25, -0.2) is 8.78 Å². The molecule has 1 saturated heterocycles. The van der Waals surface area contributed by atoms with Crippen molar-refractivity contribution in [2.75, 3.05) is 24.6 Å². The number of aryl methyl sites for hydroxylation is 1. The first-order valence-corrected chi connectivity index (χ1v) is 11.4. The number of piperazine rings is 1. The highest BCUT2D eigenvalue weighted by Gasteiger charge is 2.40. The molecule has 2 aliphatic heterocycles. The summed E-state index contributed by atoms with van der Waals surface area (Å²) in [5, 5.41) is 10.4. The molecule has 35 heavy (non-hydrogen) atoms. The lowest BCUT2D eigenvalue weighted by Crippen LogP contribution is -2.62. The highest BCUT2D eigenvalue weighted by Crippen LogP contribution is 2.46. The van der Waals surface area contributed by atoms with Crippen LogP contribution in [0, 0.1) is 11.6 Å². The fourth-order valence-corrected chi connectivity index (χ4v) is 5.34. The van der Waals surface area contributed by atoms with Crippen LogP contribution in [0.2, 0.25) is 5.02 Å². The first-order chi connectivity index (χ1) is 16.6. The summed E-state index contributed by atoms with van der Waals surface area (Å²) in [5.74, 6) is -2.42. The molecule has 2 aromatic carbocycles. The van der Waals surface area contributed by atoms with E-state index in [1.54, 1.807) is 4.90 Å². The number of fused-ring (bicyclic) bond motifs is 5. The van der Waals surface area contributed by atoms with E-state index in [2.05, 4.69) is 6.58 Å². The monoisotopic (exact) mass is 501 g/mol. The zero-order valence-corrected chi connectivity index (χ0v) is 19.8. The third-order valence-corrected chi connectivity index (χ3v) is 7.04. The van der Waals surface area contributed by atoms with Crippen LogP contribution in [0.3, 0.4) is 0 Å². The van der Waals surface area contributed by atoms with Gasteiger partial charge in [-0.3, -0.25) is 9.59 Å². The van der Waals surface area contributed by atoms with Gasteiger partial charge < -0.3 is 24.2 Å². The van der Waals surface area contributed by atoms with Gasteiger partial charge in [0.2, 0.25) is 11.7 Å². The zero-order chi connectivity index (χ0) is 25.2. The van der Waals surface area contributed by atoms with E-state index < -0.39 is 22.9 Å². The van der Waals surface area contributed by atoms with Gasteiger partial charge in [0.05, 0.1) is 27.8 Å². The molecule has 10 heteroatoms. The maximum Gasteiger partial charge on any atom is 0.295 e. The number of hydrogen-bond donors (Lipinski definition) is 1. The first kappa shape index (κ1) is 23.2. The number of ether oxygens (including phenoxy) is 1. The number of benzene rings is 2. The minimum atomic E-state index is -0.939. The number of aromatic hydroxyl groups is 1. The number of carbonyl (C=O) groups is 1. The molecule has 3 heterocycles. The van der Waals surface area contributed by atoms with Crippen molar-refractivity contribution in [2.24, 2.45) is 7.05 Å². The number of pyridine rings is 1. The van der Waals surface area contributed by atoms with Crippen molar-refractivity contribution in [3.63, 3.8) is 0 Å². The highest BCUT2D eigenvalue weighted by molar-refractivity contribution is 6.34. The van der Waals surface area contributed by atoms with Gasteiger partial charge in [-0.2, -0.15) is 0 Å². The van der Waals surface area contributed by atoms with E-state index in [1.165, 1.54) is 31.3 Å². The fourth-order valence-electron chi connectivity index (χ4n) is 5.06. The minimum Gasteiger partial charge on any atom is -0.507 e. The van der Waals surface area contributed by atoms with Crippen LogP contribution in [0.5, 0.6) is 11.5 Å². The predicted molar refractivity (Wildman–Crippen MR) is 129 cm³/mol. The summed E-state index contributed by atoms with van der Waals surface area (Å²) in [6.45, 7) is 6.31. The van der Waals surface area contributed by atoms with Crippen LogP contribution < -0.4 is 15.2 Å². The Hall–Kier alpha value is -3.59. The summed E-state index contributed by atoms with van der Waals surface area (Å²) in [4.78, 5) is 29.2. The molecule has 2 atom stereocenters. The quantitative estimate of drug-likeness (QED) is 0.540. The zero-order valence-electron chi connectivity index (χ0n) is 19.0. The van der Waals surface area contributed by atoms with Gasteiger partial charge in [-0.05, 0) is 31.2 Å². The molecular weight excluding hydrogens is 480 g/mol. The second-order valence-corrected chi connectivity index (χ2v) is 9.19. The Morgan fingerprint density at radius 2 is 2.03 bits per heavy atom. The van der Waals surface area contributed by atoms with Crippen molar-refractivity contribution >= 4 is 34.1 Å². The Morgan fingerprint density at radius 1 is 1.29 bits per heavy atom. The molecule has 182 valence electrons. The topological polar surface area (TPSA) is 75.0 Å². The number of halogens is 3. The van der Waals surface area contributed by atoms with Gasteiger partial charge in [0, 0.05) is 37.1 Å². The normalized spacial score (nSPS) is 19.2. The van der Waals surface area contributed by atoms with Crippen LogP contribution in [0.25, 0.3) is 22.0 Å². The van der Waals surface area contributed by atoms with Crippen molar-refractivity contribution in [3.8, 4) is 22.6 Å². The number of amides is 1. The number of phenolic OH excluding ortho intramolecular Hbond substituents is 1. The van der Waals surface area contributed by atoms with E-state index in [0.717, 1.165) is 10.6 Å². The number of aromatic nitrogens is 1. The number of nitrogens with zero attached hydrogens (tertiary/aromatic N) is 3. The predicted octanol–water partition coefficient (Wildman–Crippen LogP) is 3.83. The van der Waals surface area contributed by atoms with Gasteiger partial charge in [-0.1, -0.05) is 24.2 Å². The van der Waals surface area contributed by atoms with Crippen molar-refractivity contribution < 1.29 is 23.4 Å². The highest BCUT2D eigenvalue weighted by atomic mass is 35.5. The second-order valence-electron chi connectivity index (χ2n) is 8.78. The second kappa shape index (κ2) is 8.27. The van der Waals surface area contributed by atoms with E-state index in [9.17, 15) is 19.1 Å². The average molecular weight is 502 g/mol. The minimum absolute atomic E-state index is 0.0592. The Kier molecular flexibility index (Phi) is 5.47. The van der Waals surface area contributed by atoms with Gasteiger partial charge >= 0.3 is 0 Å². The van der Waals surface area contributed by atoms with E-state index in [1.807, 2.05) is 11.8 Å². The molecule has 0 bridgehead atoms. The summed E-state index contributed by atoms with van der Waals surface area (Å²) in [7, 11) is 1.39. The summed E-state index contributed by atoms with van der Waals surface area (Å²) >= 11 is 6.48.